The van der Waals surface area contributed by atoms with Crippen molar-refractivity contribution in [3.8, 4) is 0 Å². The average molecular weight is 249 g/mol. The first-order valence-corrected chi connectivity index (χ1v) is 5.20. The van der Waals surface area contributed by atoms with Gasteiger partial charge in [-0.25, -0.2) is 0 Å². The SMILES string of the molecule is CN(C(=O)CCC(=O)[O-])c1ccccc1C(=O)[O-]. The summed E-state index contributed by atoms with van der Waals surface area (Å²) in [4.78, 5) is 33.8. The highest BCUT2D eigenvalue weighted by Crippen LogP contribution is 2.19. The van der Waals surface area contributed by atoms with Crippen molar-refractivity contribution in [3.63, 3.8) is 0 Å². The lowest BCUT2D eigenvalue weighted by molar-refractivity contribution is -0.305. The first-order valence-electron chi connectivity index (χ1n) is 5.20. The number of aliphatic carboxylic acids is 1. The van der Waals surface area contributed by atoms with Crippen LogP contribution in [0.5, 0.6) is 0 Å². The Balaban J connectivity index is 2.89. The van der Waals surface area contributed by atoms with Gasteiger partial charge in [0.05, 0.1) is 11.7 Å². The summed E-state index contributed by atoms with van der Waals surface area (Å²) < 4.78 is 0. The first-order chi connectivity index (χ1) is 8.43. The maximum atomic E-state index is 11.6. The Hall–Kier alpha value is -2.37. The molecule has 0 radical (unpaired) electrons. The van der Waals surface area contributed by atoms with E-state index in [-0.39, 0.29) is 17.7 Å². The van der Waals surface area contributed by atoms with Gasteiger partial charge in [-0.05, 0) is 12.5 Å². The van der Waals surface area contributed by atoms with Gasteiger partial charge in [0.2, 0.25) is 5.91 Å². The zero-order valence-electron chi connectivity index (χ0n) is 9.71. The lowest BCUT2D eigenvalue weighted by atomic mass is 10.1. The third-order valence-corrected chi connectivity index (χ3v) is 2.40. The van der Waals surface area contributed by atoms with Crippen LogP contribution in [0.15, 0.2) is 24.3 Å². The van der Waals surface area contributed by atoms with Crippen molar-refractivity contribution in [2.75, 3.05) is 11.9 Å². The molecule has 6 heteroatoms. The molecule has 0 aliphatic carbocycles. The second-order valence-electron chi connectivity index (χ2n) is 3.63. The number of hydrogen-bond donors (Lipinski definition) is 0. The Bertz CT molecular complexity index is 483. The van der Waals surface area contributed by atoms with Crippen LogP contribution in [0.2, 0.25) is 0 Å². The topological polar surface area (TPSA) is 101 Å². The van der Waals surface area contributed by atoms with Gasteiger partial charge in [-0.2, -0.15) is 0 Å². The van der Waals surface area contributed by atoms with E-state index in [4.69, 9.17) is 0 Å². The molecule has 18 heavy (non-hydrogen) atoms. The van der Waals surface area contributed by atoms with E-state index in [9.17, 15) is 24.6 Å². The van der Waals surface area contributed by atoms with Crippen LogP contribution in [0.1, 0.15) is 23.2 Å². The summed E-state index contributed by atoms with van der Waals surface area (Å²) in [5.41, 5.74) is 0.0441. The van der Waals surface area contributed by atoms with Crippen LogP contribution in [0.3, 0.4) is 0 Å². The average Bonchev–Trinajstić information content (AvgIpc) is 2.34. The van der Waals surface area contributed by atoms with Crippen molar-refractivity contribution in [2.45, 2.75) is 12.8 Å². The fourth-order valence-electron chi connectivity index (χ4n) is 1.45. The number of anilines is 1. The van der Waals surface area contributed by atoms with Gasteiger partial charge in [0.25, 0.3) is 0 Å². The molecule has 0 unspecified atom stereocenters. The Kier molecular flexibility index (Phi) is 4.42. The number of hydrogen-bond acceptors (Lipinski definition) is 5. The molecule has 0 bridgehead atoms. The highest BCUT2D eigenvalue weighted by Gasteiger charge is 2.14. The number of aromatic carboxylic acids is 1. The number of para-hydroxylation sites is 1. The summed E-state index contributed by atoms with van der Waals surface area (Å²) in [6.45, 7) is 0. The Morgan fingerprint density at radius 3 is 2.28 bits per heavy atom. The van der Waals surface area contributed by atoms with E-state index < -0.39 is 24.3 Å². The maximum Gasteiger partial charge on any atom is 0.227 e. The summed E-state index contributed by atoms with van der Waals surface area (Å²) in [5.74, 6) is -3.23. The fraction of sp³-hybridized carbons (Fsp3) is 0.250. The normalized spacial score (nSPS) is 9.83. The molecule has 6 nitrogen and oxygen atoms in total. The Morgan fingerprint density at radius 2 is 1.72 bits per heavy atom. The minimum absolute atomic E-state index is 0.123. The minimum Gasteiger partial charge on any atom is -0.550 e. The first kappa shape index (κ1) is 13.7. The van der Waals surface area contributed by atoms with Crippen LogP contribution in [0, 0.1) is 0 Å². The maximum absolute atomic E-state index is 11.6. The molecule has 0 fully saturated rings. The van der Waals surface area contributed by atoms with Gasteiger partial charge in [-0.1, -0.05) is 18.2 Å². The Labute approximate surface area is 103 Å². The van der Waals surface area contributed by atoms with Crippen LogP contribution < -0.4 is 15.1 Å². The summed E-state index contributed by atoms with van der Waals surface area (Å²) in [7, 11) is 1.37. The summed E-state index contributed by atoms with van der Waals surface area (Å²) in [5, 5.41) is 21.1. The van der Waals surface area contributed by atoms with E-state index in [1.54, 1.807) is 6.07 Å². The van der Waals surface area contributed by atoms with Crippen molar-refractivity contribution >= 4 is 23.5 Å². The van der Waals surface area contributed by atoms with Crippen LogP contribution in [0.4, 0.5) is 5.69 Å². The Morgan fingerprint density at radius 1 is 1.11 bits per heavy atom. The molecule has 1 aromatic carbocycles. The largest absolute Gasteiger partial charge is 0.550 e. The third-order valence-electron chi connectivity index (χ3n) is 2.40. The third kappa shape index (κ3) is 3.31. The summed E-state index contributed by atoms with van der Waals surface area (Å²) >= 11 is 0. The summed E-state index contributed by atoms with van der Waals surface area (Å²) in [6, 6.07) is 5.84. The lowest BCUT2D eigenvalue weighted by Crippen LogP contribution is -2.32. The van der Waals surface area contributed by atoms with E-state index in [2.05, 4.69) is 0 Å². The van der Waals surface area contributed by atoms with Crippen LogP contribution >= 0.6 is 0 Å². The number of rotatable bonds is 5. The summed E-state index contributed by atoms with van der Waals surface area (Å²) in [6.07, 6.45) is -0.656. The predicted molar refractivity (Wildman–Crippen MR) is 58.4 cm³/mol. The molecule has 0 heterocycles. The molecule has 0 saturated heterocycles. The zero-order chi connectivity index (χ0) is 13.7. The van der Waals surface area contributed by atoms with E-state index in [0.717, 1.165) is 4.90 Å². The van der Waals surface area contributed by atoms with E-state index in [1.165, 1.54) is 25.2 Å². The van der Waals surface area contributed by atoms with Crippen molar-refractivity contribution < 1.29 is 24.6 Å². The molecule has 0 saturated carbocycles. The molecule has 0 aromatic heterocycles. The molecule has 0 spiro atoms. The fourth-order valence-corrected chi connectivity index (χ4v) is 1.45. The highest BCUT2D eigenvalue weighted by molar-refractivity contribution is 6.01. The quantitative estimate of drug-likeness (QED) is 0.635. The van der Waals surface area contributed by atoms with Crippen molar-refractivity contribution in [1.82, 2.24) is 0 Å². The van der Waals surface area contributed by atoms with Gasteiger partial charge in [0, 0.05) is 25.0 Å². The van der Waals surface area contributed by atoms with Crippen LogP contribution in [-0.4, -0.2) is 24.9 Å². The molecule has 0 aliphatic heterocycles. The molecule has 1 amide bonds. The second-order valence-corrected chi connectivity index (χ2v) is 3.63. The number of carbonyl (C=O) groups is 3. The minimum atomic E-state index is -1.40. The molecule has 0 aliphatic rings. The molecule has 1 aromatic rings. The molecule has 1 rings (SSSR count). The van der Waals surface area contributed by atoms with Gasteiger partial charge in [-0.3, -0.25) is 4.79 Å². The molecular weight excluding hydrogens is 238 g/mol. The van der Waals surface area contributed by atoms with E-state index >= 15 is 0 Å². The van der Waals surface area contributed by atoms with Crippen LogP contribution in [-0.2, 0) is 9.59 Å². The van der Waals surface area contributed by atoms with E-state index in [0.29, 0.717) is 0 Å². The van der Waals surface area contributed by atoms with E-state index in [1.807, 2.05) is 0 Å². The van der Waals surface area contributed by atoms with Crippen molar-refractivity contribution in [3.05, 3.63) is 29.8 Å². The number of benzene rings is 1. The molecule has 0 atom stereocenters. The predicted octanol–water partition coefficient (Wildman–Crippen LogP) is -1.46. The number of carboxylic acid groups (broad SMARTS) is 2. The van der Waals surface area contributed by atoms with Gasteiger partial charge in [-0.15, -0.1) is 0 Å². The number of amides is 1. The molecule has 0 N–H and O–H groups in total. The zero-order valence-corrected chi connectivity index (χ0v) is 9.71. The highest BCUT2D eigenvalue weighted by atomic mass is 16.4. The smallest absolute Gasteiger partial charge is 0.227 e. The van der Waals surface area contributed by atoms with Gasteiger partial charge in [0.1, 0.15) is 0 Å². The monoisotopic (exact) mass is 249 g/mol. The van der Waals surface area contributed by atoms with Crippen molar-refractivity contribution in [2.24, 2.45) is 0 Å². The van der Waals surface area contributed by atoms with Gasteiger partial charge >= 0.3 is 0 Å². The van der Waals surface area contributed by atoms with Gasteiger partial charge in [0.15, 0.2) is 0 Å². The molecule has 96 valence electrons. The molecular formula is C12H11NO5-2. The lowest BCUT2D eigenvalue weighted by Gasteiger charge is -2.21. The van der Waals surface area contributed by atoms with Crippen molar-refractivity contribution in [1.29, 1.82) is 0 Å². The van der Waals surface area contributed by atoms with Gasteiger partial charge < -0.3 is 24.7 Å². The number of carboxylic acids is 2. The van der Waals surface area contributed by atoms with Crippen LogP contribution in [0.25, 0.3) is 0 Å². The second kappa shape index (κ2) is 5.81. The number of nitrogens with zero attached hydrogens (tertiary/aromatic N) is 1. The number of carbonyl (C=O) groups excluding carboxylic acids is 3. The standard InChI is InChI=1S/C12H13NO5/c1-13(10(14)6-7-11(15)16)9-5-3-2-4-8(9)12(17)18/h2-5H,6-7H2,1H3,(H,15,16)(H,17,18)/p-2.